The van der Waals surface area contributed by atoms with Gasteiger partial charge < -0.3 is 25.1 Å². The number of esters is 1. The standard InChI is InChI=1S/C30H29N5O4S/c1-38-18-13-11-17(12-14-18)15-16-35-26(31)24(25-27(35)33-21-9-5-4-8-20(21)32-25)28(36)34-29-23(30(37)39-2)19-7-3-6-10-22(19)40-29/h4-5,8-9,11-14H,3,6-7,10,15-16,31H2,1-2H3,(H,34,36). The lowest BCUT2D eigenvalue weighted by molar-refractivity contribution is 0.0601. The third-order valence-corrected chi connectivity index (χ3v) is 8.60. The monoisotopic (exact) mass is 555 g/mol. The normalized spacial score (nSPS) is 12.8. The van der Waals surface area contributed by atoms with E-state index in [2.05, 4.69) is 5.32 Å². The van der Waals surface area contributed by atoms with Crippen molar-refractivity contribution in [2.45, 2.75) is 38.6 Å². The van der Waals surface area contributed by atoms with Gasteiger partial charge in [-0.1, -0.05) is 24.3 Å². The number of benzene rings is 2. The minimum Gasteiger partial charge on any atom is -0.497 e. The Bertz CT molecular complexity index is 1760. The van der Waals surface area contributed by atoms with Crippen molar-refractivity contribution in [2.24, 2.45) is 0 Å². The second-order valence-corrected chi connectivity index (χ2v) is 10.9. The molecule has 1 aliphatic rings. The molecule has 0 radical (unpaired) electrons. The van der Waals surface area contributed by atoms with Gasteiger partial charge in [-0.2, -0.15) is 0 Å². The zero-order chi connectivity index (χ0) is 27.8. The molecule has 0 unspecified atom stereocenters. The van der Waals surface area contributed by atoms with Crippen molar-refractivity contribution in [3.63, 3.8) is 0 Å². The van der Waals surface area contributed by atoms with Gasteiger partial charge in [-0.05, 0) is 67.5 Å². The predicted molar refractivity (Wildman–Crippen MR) is 156 cm³/mol. The third-order valence-electron chi connectivity index (χ3n) is 7.39. The molecule has 10 heteroatoms. The molecule has 0 fully saturated rings. The highest BCUT2D eigenvalue weighted by atomic mass is 32.1. The predicted octanol–water partition coefficient (Wildman–Crippen LogP) is 5.40. The molecule has 0 bridgehead atoms. The summed E-state index contributed by atoms with van der Waals surface area (Å²) in [5, 5.41) is 3.47. The summed E-state index contributed by atoms with van der Waals surface area (Å²) in [6, 6.07) is 15.4. The first-order chi connectivity index (χ1) is 19.5. The average Bonchev–Trinajstić information content (AvgIpc) is 3.47. The van der Waals surface area contributed by atoms with Crippen LogP contribution in [0.2, 0.25) is 0 Å². The fraction of sp³-hybridized carbons (Fsp3) is 0.267. The summed E-state index contributed by atoms with van der Waals surface area (Å²) in [6.45, 7) is 0.496. The number of para-hydroxylation sites is 2. The molecule has 0 spiro atoms. The molecule has 6 rings (SSSR count). The first-order valence-corrected chi connectivity index (χ1v) is 14.0. The number of carbonyl (C=O) groups excluding carboxylic acids is 2. The van der Waals surface area contributed by atoms with Gasteiger partial charge in [0.1, 0.15) is 27.6 Å². The smallest absolute Gasteiger partial charge is 0.341 e. The van der Waals surface area contributed by atoms with E-state index in [9.17, 15) is 9.59 Å². The highest BCUT2D eigenvalue weighted by Gasteiger charge is 2.30. The van der Waals surface area contributed by atoms with Gasteiger partial charge in [-0.25, -0.2) is 14.8 Å². The van der Waals surface area contributed by atoms with E-state index in [1.54, 1.807) is 7.11 Å². The molecule has 40 heavy (non-hydrogen) atoms. The Hall–Kier alpha value is -4.44. The van der Waals surface area contributed by atoms with Gasteiger partial charge in [0.15, 0.2) is 5.65 Å². The maximum absolute atomic E-state index is 13.9. The molecule has 3 heterocycles. The summed E-state index contributed by atoms with van der Waals surface area (Å²) in [4.78, 5) is 37.4. The first kappa shape index (κ1) is 25.8. The number of fused-ring (bicyclic) bond motifs is 3. The Balaban J connectivity index is 1.42. The van der Waals surface area contributed by atoms with E-state index in [1.165, 1.54) is 18.4 Å². The zero-order valence-electron chi connectivity index (χ0n) is 22.3. The number of nitrogens with two attached hydrogens (primary N) is 1. The van der Waals surface area contributed by atoms with Crippen molar-refractivity contribution in [2.75, 3.05) is 25.3 Å². The molecule has 0 atom stereocenters. The van der Waals surface area contributed by atoms with Crippen LogP contribution in [0.4, 0.5) is 10.8 Å². The Kier molecular flexibility index (Phi) is 6.85. The van der Waals surface area contributed by atoms with Crippen LogP contribution in [0, 0.1) is 0 Å². The molecule has 1 amide bonds. The average molecular weight is 556 g/mol. The number of rotatable bonds is 7. The van der Waals surface area contributed by atoms with Gasteiger partial charge in [0.25, 0.3) is 5.91 Å². The van der Waals surface area contributed by atoms with Crippen molar-refractivity contribution >= 4 is 56.2 Å². The fourth-order valence-electron chi connectivity index (χ4n) is 5.34. The second kappa shape index (κ2) is 10.6. The summed E-state index contributed by atoms with van der Waals surface area (Å²) in [5.41, 5.74) is 11.8. The van der Waals surface area contributed by atoms with Crippen LogP contribution >= 0.6 is 11.3 Å². The number of aromatic nitrogens is 3. The molecular formula is C30H29N5O4S. The molecule has 0 aliphatic heterocycles. The van der Waals surface area contributed by atoms with Crippen LogP contribution in [0.15, 0.2) is 48.5 Å². The molecule has 9 nitrogen and oxygen atoms in total. The summed E-state index contributed by atoms with van der Waals surface area (Å²) in [6.07, 6.45) is 4.38. The lowest BCUT2D eigenvalue weighted by Gasteiger charge is -2.12. The maximum Gasteiger partial charge on any atom is 0.341 e. The van der Waals surface area contributed by atoms with Crippen molar-refractivity contribution in [3.8, 4) is 5.75 Å². The zero-order valence-corrected chi connectivity index (χ0v) is 23.1. The lowest BCUT2D eigenvalue weighted by Crippen LogP contribution is -2.17. The van der Waals surface area contributed by atoms with E-state index < -0.39 is 11.9 Å². The highest BCUT2D eigenvalue weighted by molar-refractivity contribution is 7.17. The number of methoxy groups -OCH3 is 2. The van der Waals surface area contributed by atoms with Crippen molar-refractivity contribution < 1.29 is 19.1 Å². The number of thiophene rings is 1. The first-order valence-electron chi connectivity index (χ1n) is 13.2. The summed E-state index contributed by atoms with van der Waals surface area (Å²) in [7, 11) is 2.99. The third kappa shape index (κ3) is 4.54. The van der Waals surface area contributed by atoms with Gasteiger partial charge in [0.05, 0.1) is 30.8 Å². The van der Waals surface area contributed by atoms with Crippen LogP contribution in [0.3, 0.4) is 0 Å². The minimum atomic E-state index is -0.449. The van der Waals surface area contributed by atoms with Crippen LogP contribution in [-0.2, 0) is 30.5 Å². The van der Waals surface area contributed by atoms with E-state index in [0.29, 0.717) is 45.7 Å². The maximum atomic E-state index is 13.9. The number of nitrogens with one attached hydrogen (secondary N) is 1. The number of ether oxygens (including phenoxy) is 2. The number of aryl methyl sites for hydroxylation is 3. The molecular weight excluding hydrogens is 526 g/mol. The van der Waals surface area contributed by atoms with Gasteiger partial charge in [-0.3, -0.25) is 4.79 Å². The van der Waals surface area contributed by atoms with Crippen molar-refractivity contribution in [3.05, 3.63) is 75.7 Å². The number of amides is 1. The van der Waals surface area contributed by atoms with Crippen LogP contribution in [0.1, 0.15) is 49.6 Å². The molecule has 2 aromatic carbocycles. The summed E-state index contributed by atoms with van der Waals surface area (Å²) >= 11 is 1.43. The van der Waals surface area contributed by atoms with Gasteiger partial charge in [0.2, 0.25) is 0 Å². The molecule has 3 aromatic heterocycles. The summed E-state index contributed by atoms with van der Waals surface area (Å²) < 4.78 is 12.2. The number of hydrogen-bond donors (Lipinski definition) is 2. The highest BCUT2D eigenvalue weighted by Crippen LogP contribution is 2.39. The number of nitrogens with zero attached hydrogens (tertiary/aromatic N) is 3. The van der Waals surface area contributed by atoms with Crippen LogP contribution in [-0.4, -0.2) is 40.6 Å². The molecule has 0 saturated carbocycles. The Labute approximate surface area is 234 Å². The lowest BCUT2D eigenvalue weighted by atomic mass is 9.95. The largest absolute Gasteiger partial charge is 0.497 e. The van der Waals surface area contributed by atoms with E-state index in [0.717, 1.165) is 47.4 Å². The van der Waals surface area contributed by atoms with Crippen LogP contribution < -0.4 is 15.8 Å². The number of hydrogen-bond acceptors (Lipinski definition) is 8. The molecule has 0 saturated heterocycles. The molecule has 1 aliphatic carbocycles. The number of anilines is 2. The molecule has 204 valence electrons. The Morgan fingerprint density at radius 2 is 1.73 bits per heavy atom. The molecule has 5 aromatic rings. The number of carbonyl (C=O) groups is 2. The van der Waals surface area contributed by atoms with Gasteiger partial charge >= 0.3 is 5.97 Å². The fourth-order valence-corrected chi connectivity index (χ4v) is 6.61. The van der Waals surface area contributed by atoms with Gasteiger partial charge in [-0.15, -0.1) is 11.3 Å². The summed E-state index contributed by atoms with van der Waals surface area (Å²) in [5.74, 6) is 0.180. The topological polar surface area (TPSA) is 121 Å². The van der Waals surface area contributed by atoms with Gasteiger partial charge in [0, 0.05) is 11.4 Å². The Morgan fingerprint density at radius 3 is 2.45 bits per heavy atom. The van der Waals surface area contributed by atoms with Crippen molar-refractivity contribution in [1.29, 1.82) is 0 Å². The van der Waals surface area contributed by atoms with E-state index >= 15 is 0 Å². The van der Waals surface area contributed by atoms with E-state index in [-0.39, 0.29) is 11.4 Å². The minimum absolute atomic E-state index is 0.241. The van der Waals surface area contributed by atoms with Crippen molar-refractivity contribution in [1.82, 2.24) is 14.5 Å². The van der Waals surface area contributed by atoms with Crippen LogP contribution in [0.5, 0.6) is 5.75 Å². The Morgan fingerprint density at radius 1 is 1.00 bits per heavy atom. The van der Waals surface area contributed by atoms with E-state index in [4.69, 9.17) is 25.2 Å². The quantitative estimate of drug-likeness (QED) is 0.258. The second-order valence-electron chi connectivity index (χ2n) is 9.76. The van der Waals surface area contributed by atoms with E-state index in [1.807, 2.05) is 53.1 Å². The molecule has 3 N–H and O–H groups in total. The van der Waals surface area contributed by atoms with Crippen LogP contribution in [0.25, 0.3) is 22.2 Å². The number of nitrogen functional groups attached to an aromatic ring is 1. The SMILES string of the molecule is COC(=O)c1c(NC(=O)c2c(N)n(CCc3ccc(OC)cc3)c3nc4ccccc4nc23)sc2c1CCCC2.